The van der Waals surface area contributed by atoms with Crippen LogP contribution in [0.25, 0.3) is 0 Å². The van der Waals surface area contributed by atoms with Crippen LogP contribution in [0.3, 0.4) is 0 Å². The van der Waals surface area contributed by atoms with Crippen LogP contribution in [-0.4, -0.2) is 44.4 Å². The molecule has 17 heavy (non-hydrogen) atoms. The Hall–Kier alpha value is -1.34. The molecular weight excluding hydrogens is 248 g/mol. The third kappa shape index (κ3) is 0.732. The quantitative estimate of drug-likeness (QED) is 0.537. The summed E-state index contributed by atoms with van der Waals surface area (Å²) in [6, 6.07) is 0. The first-order valence-corrected chi connectivity index (χ1v) is 4.60. The lowest BCUT2D eigenvalue weighted by atomic mass is 9.29. The molecule has 3 aliphatic rings. The molecule has 0 atom stereocenters. The lowest BCUT2D eigenvalue weighted by molar-refractivity contribution is -0.457. The smallest absolute Gasteiger partial charge is 0.324 e. The second kappa shape index (κ2) is 2.91. The van der Waals surface area contributed by atoms with Crippen molar-refractivity contribution in [3.05, 3.63) is 0 Å². The molecule has 0 aromatic carbocycles. The third-order valence-corrected chi connectivity index (χ3v) is 3.68. The van der Waals surface area contributed by atoms with Gasteiger partial charge in [0.2, 0.25) is 0 Å². The average molecular weight is 256 g/mol. The van der Waals surface area contributed by atoms with Gasteiger partial charge in [0.25, 0.3) is 5.92 Å². The minimum atomic E-state index is -4.14. The maximum absolute atomic E-state index is 13.6. The van der Waals surface area contributed by atoms with Gasteiger partial charge in [0, 0.05) is 0 Å². The molecule has 3 fully saturated rings. The highest BCUT2D eigenvalue weighted by Gasteiger charge is 3.08. The van der Waals surface area contributed by atoms with E-state index in [2.05, 4.69) is 9.47 Å². The van der Waals surface area contributed by atoms with Crippen LogP contribution < -0.4 is 0 Å². The molecule has 0 aromatic rings. The minimum Gasteiger partial charge on any atom is -0.468 e. The maximum atomic E-state index is 13.6. The predicted octanol–water partition coefficient (Wildman–Crippen LogP) is 0.644. The lowest BCUT2D eigenvalue weighted by Gasteiger charge is -2.73. The third-order valence-electron chi connectivity index (χ3n) is 3.68. The number of hydrogen-bond acceptors (Lipinski definition) is 4. The van der Waals surface area contributed by atoms with E-state index in [9.17, 15) is 27.2 Å². The van der Waals surface area contributed by atoms with Gasteiger partial charge in [0.1, 0.15) is 0 Å². The van der Waals surface area contributed by atoms with Crippen molar-refractivity contribution in [2.24, 2.45) is 10.8 Å². The molecule has 8 heteroatoms. The Bertz CT molecular complexity index is 364. The molecule has 0 aromatic heterocycles. The van der Waals surface area contributed by atoms with E-state index < -0.39 is 41.0 Å². The zero-order chi connectivity index (χ0) is 13.2. The highest BCUT2D eigenvalue weighted by atomic mass is 19.3. The van der Waals surface area contributed by atoms with Gasteiger partial charge < -0.3 is 9.47 Å². The Kier molecular flexibility index (Phi) is 2.08. The fourth-order valence-corrected chi connectivity index (χ4v) is 2.71. The molecule has 96 valence electrons. The largest absolute Gasteiger partial charge is 0.468 e. The lowest BCUT2D eigenvalue weighted by Crippen LogP contribution is -2.98. The molecule has 4 nitrogen and oxygen atoms in total. The van der Waals surface area contributed by atoms with Crippen molar-refractivity contribution in [2.75, 3.05) is 14.2 Å². The summed E-state index contributed by atoms with van der Waals surface area (Å²) < 4.78 is 62.3. The highest BCUT2D eigenvalue weighted by Crippen LogP contribution is 2.83. The molecule has 0 unspecified atom stereocenters. The Balaban J connectivity index is 2.47. The topological polar surface area (TPSA) is 52.6 Å². The van der Waals surface area contributed by atoms with Gasteiger partial charge in [-0.25, -0.2) is 17.6 Å². The summed E-state index contributed by atoms with van der Waals surface area (Å²) in [7, 11) is 1.48. The van der Waals surface area contributed by atoms with Gasteiger partial charge in [-0.3, -0.25) is 9.59 Å². The number of esters is 2. The van der Waals surface area contributed by atoms with Gasteiger partial charge in [0.05, 0.1) is 14.2 Å². The minimum absolute atomic E-state index is 0.739. The molecule has 0 radical (unpaired) electrons. The van der Waals surface area contributed by atoms with Crippen LogP contribution in [-0.2, 0) is 19.1 Å². The average Bonchev–Trinajstić information content (AvgIpc) is 2.29. The zero-order valence-electron chi connectivity index (χ0n) is 8.80. The molecule has 0 spiro atoms. The van der Waals surface area contributed by atoms with E-state index in [1.807, 2.05) is 0 Å². The first kappa shape index (κ1) is 12.1. The van der Waals surface area contributed by atoms with Crippen LogP contribution in [0.5, 0.6) is 0 Å². The monoisotopic (exact) mass is 256 g/mol. The first-order valence-electron chi connectivity index (χ1n) is 4.60. The fourth-order valence-electron chi connectivity index (χ4n) is 2.71. The molecule has 3 aliphatic carbocycles. The molecule has 0 N–H and O–H groups in total. The van der Waals surface area contributed by atoms with Crippen LogP contribution in [0.1, 0.15) is 0 Å². The number of methoxy groups -OCH3 is 2. The molecule has 3 saturated carbocycles. The van der Waals surface area contributed by atoms with E-state index >= 15 is 0 Å². The van der Waals surface area contributed by atoms with Gasteiger partial charge in [-0.1, -0.05) is 0 Å². The Morgan fingerprint density at radius 2 is 1.24 bits per heavy atom. The number of alkyl halides is 4. The Morgan fingerprint density at radius 3 is 1.41 bits per heavy atom. The van der Waals surface area contributed by atoms with Gasteiger partial charge in [-0.2, -0.15) is 0 Å². The highest BCUT2D eigenvalue weighted by molar-refractivity contribution is 5.98. The van der Waals surface area contributed by atoms with E-state index in [1.165, 1.54) is 0 Å². The number of halogens is 4. The fraction of sp³-hybridized carbons (Fsp3) is 0.778. The van der Waals surface area contributed by atoms with E-state index in [1.54, 1.807) is 0 Å². The van der Waals surface area contributed by atoms with Crippen molar-refractivity contribution >= 4 is 11.9 Å². The molecule has 0 amide bonds. The van der Waals surface area contributed by atoms with Gasteiger partial charge in [-0.05, 0) is 0 Å². The van der Waals surface area contributed by atoms with E-state index in [4.69, 9.17) is 0 Å². The van der Waals surface area contributed by atoms with Gasteiger partial charge >= 0.3 is 11.9 Å². The zero-order valence-corrected chi connectivity index (χ0v) is 8.80. The molecule has 0 aliphatic heterocycles. The second-order valence-corrected chi connectivity index (χ2v) is 4.02. The number of carbonyl (C=O) groups is 2. The van der Waals surface area contributed by atoms with Crippen molar-refractivity contribution < 1.29 is 36.6 Å². The van der Waals surface area contributed by atoms with Crippen LogP contribution in [0, 0.1) is 10.8 Å². The van der Waals surface area contributed by atoms with Crippen LogP contribution in [0.15, 0.2) is 0 Å². The Morgan fingerprint density at radius 1 is 0.941 bits per heavy atom. The summed E-state index contributed by atoms with van der Waals surface area (Å²) in [5, 5.41) is 0. The normalized spacial score (nSPS) is 45.3. The summed E-state index contributed by atoms with van der Waals surface area (Å²) in [4.78, 5) is 22.2. The number of rotatable bonds is 2. The molecule has 2 bridgehead atoms. The summed E-state index contributed by atoms with van der Waals surface area (Å²) in [5.41, 5.74) is -6.40. The number of ether oxygens (including phenoxy) is 2. The van der Waals surface area contributed by atoms with Crippen molar-refractivity contribution in [1.29, 1.82) is 0 Å². The summed E-state index contributed by atoms with van der Waals surface area (Å²) in [6.07, 6.45) is -5.28. The van der Waals surface area contributed by atoms with Gasteiger partial charge in [-0.15, -0.1) is 0 Å². The number of carbonyl (C=O) groups excluding carboxylic acids is 2. The van der Waals surface area contributed by atoms with E-state index in [0.29, 0.717) is 0 Å². The summed E-state index contributed by atoms with van der Waals surface area (Å²) in [5.74, 6) is -7.54. The molecule has 0 heterocycles. The van der Waals surface area contributed by atoms with Crippen LogP contribution in [0.2, 0.25) is 0 Å². The van der Waals surface area contributed by atoms with Gasteiger partial charge in [0.15, 0.2) is 23.2 Å². The van der Waals surface area contributed by atoms with E-state index in [-0.39, 0.29) is 0 Å². The SMILES string of the molecule is COC(=O)C12C(F)C(C(=O)OC)(C1F)C2(F)F. The number of hydrogen-bond donors (Lipinski definition) is 0. The van der Waals surface area contributed by atoms with Crippen molar-refractivity contribution in [1.82, 2.24) is 0 Å². The van der Waals surface area contributed by atoms with Crippen LogP contribution >= 0.6 is 0 Å². The molecule has 3 rings (SSSR count). The first-order chi connectivity index (χ1) is 7.77. The summed E-state index contributed by atoms with van der Waals surface area (Å²) >= 11 is 0. The molecular formula is C9H8F4O4. The summed E-state index contributed by atoms with van der Waals surface area (Å²) in [6.45, 7) is 0. The van der Waals surface area contributed by atoms with Crippen molar-refractivity contribution in [2.45, 2.75) is 18.3 Å². The predicted molar refractivity (Wildman–Crippen MR) is 43.6 cm³/mol. The van der Waals surface area contributed by atoms with Crippen LogP contribution in [0.4, 0.5) is 17.6 Å². The Labute approximate surface area is 92.9 Å². The van der Waals surface area contributed by atoms with Crippen molar-refractivity contribution in [3.8, 4) is 0 Å². The second-order valence-electron chi connectivity index (χ2n) is 4.02. The maximum Gasteiger partial charge on any atom is 0.324 e. The standard InChI is InChI=1S/C9H8F4O4/c1-16-5(14)7-3(10)8(4(7)11,6(15)17-2)9(7,12)13/h3-4H,1-2H3. The van der Waals surface area contributed by atoms with Crippen molar-refractivity contribution in [3.63, 3.8) is 0 Å². The van der Waals surface area contributed by atoms with E-state index in [0.717, 1.165) is 14.2 Å². The molecule has 0 saturated heterocycles.